The molecule has 0 unspecified atom stereocenters. The quantitative estimate of drug-likeness (QED) is 0.530. The number of hydrogen-bond acceptors (Lipinski definition) is 4. The smallest absolute Gasteiger partial charge is 0.264 e. The summed E-state index contributed by atoms with van der Waals surface area (Å²) < 4.78 is 18.8. The van der Waals surface area contributed by atoms with Crippen LogP contribution in [0.2, 0.25) is 5.02 Å². The van der Waals surface area contributed by atoms with Crippen molar-refractivity contribution in [2.75, 3.05) is 11.9 Å². The molecule has 7 heteroatoms. The number of carbonyl (C=O) groups excluding carboxylic acids is 1. The highest BCUT2D eigenvalue weighted by molar-refractivity contribution is 7.14. The zero-order valence-electron chi connectivity index (χ0n) is 15.8. The summed E-state index contributed by atoms with van der Waals surface area (Å²) >= 11 is 7.50. The second kappa shape index (κ2) is 8.71. The Hall–Kier alpha value is -2.44. The second-order valence-electron chi connectivity index (χ2n) is 6.68. The van der Waals surface area contributed by atoms with Crippen molar-refractivity contribution in [3.63, 3.8) is 0 Å². The minimum absolute atomic E-state index is 0.133. The second-order valence-corrected chi connectivity index (χ2v) is 7.94. The third kappa shape index (κ3) is 4.88. The highest BCUT2D eigenvalue weighted by Gasteiger charge is 2.14. The fraction of sp³-hybridized carbons (Fsp3) is 0.238. The first-order valence-corrected chi connectivity index (χ1v) is 10.0. The summed E-state index contributed by atoms with van der Waals surface area (Å²) in [6, 6.07) is 9.78. The third-order valence-corrected chi connectivity index (χ3v) is 5.33. The van der Waals surface area contributed by atoms with Crippen molar-refractivity contribution in [2.24, 2.45) is 0 Å². The Morgan fingerprint density at radius 1 is 1.29 bits per heavy atom. The monoisotopic (exact) mass is 418 g/mol. The standard InChI is InChI=1S/C21H20ClFN2O2S/c1-12(2)16-9-17(22)13(3)8-19(16)27-10-20(26)25-21-24-18(11-28-21)14-4-6-15(23)7-5-14/h4-9,11-12H,10H2,1-3H3,(H,24,25,26). The van der Waals surface area contributed by atoms with E-state index in [0.717, 1.165) is 16.7 Å². The van der Waals surface area contributed by atoms with Crippen LogP contribution in [-0.4, -0.2) is 17.5 Å². The number of benzene rings is 2. The molecule has 1 aromatic heterocycles. The summed E-state index contributed by atoms with van der Waals surface area (Å²) in [4.78, 5) is 16.6. The maximum Gasteiger partial charge on any atom is 0.264 e. The van der Waals surface area contributed by atoms with Gasteiger partial charge in [-0.2, -0.15) is 0 Å². The molecule has 4 nitrogen and oxygen atoms in total. The minimum Gasteiger partial charge on any atom is -0.483 e. The first-order chi connectivity index (χ1) is 13.3. The van der Waals surface area contributed by atoms with Gasteiger partial charge in [-0.15, -0.1) is 11.3 Å². The van der Waals surface area contributed by atoms with E-state index in [4.69, 9.17) is 16.3 Å². The zero-order valence-corrected chi connectivity index (χ0v) is 17.3. The minimum atomic E-state index is -0.303. The number of ether oxygens (including phenoxy) is 1. The molecule has 146 valence electrons. The molecule has 1 amide bonds. The van der Waals surface area contributed by atoms with E-state index in [2.05, 4.69) is 10.3 Å². The van der Waals surface area contributed by atoms with Crippen molar-refractivity contribution < 1.29 is 13.9 Å². The van der Waals surface area contributed by atoms with Gasteiger partial charge in [0, 0.05) is 16.0 Å². The van der Waals surface area contributed by atoms with Gasteiger partial charge >= 0.3 is 0 Å². The molecule has 0 saturated heterocycles. The van der Waals surface area contributed by atoms with E-state index in [-0.39, 0.29) is 24.2 Å². The van der Waals surface area contributed by atoms with Gasteiger partial charge in [0.2, 0.25) is 0 Å². The van der Waals surface area contributed by atoms with Gasteiger partial charge in [-0.05, 0) is 60.4 Å². The van der Waals surface area contributed by atoms with Crippen molar-refractivity contribution >= 4 is 34.0 Å². The summed E-state index contributed by atoms with van der Waals surface area (Å²) in [7, 11) is 0. The normalized spacial score (nSPS) is 10.9. The number of anilines is 1. The Morgan fingerprint density at radius 2 is 2.00 bits per heavy atom. The Morgan fingerprint density at radius 3 is 2.68 bits per heavy atom. The number of halogens is 2. The molecule has 0 atom stereocenters. The SMILES string of the molecule is Cc1cc(OCC(=O)Nc2nc(-c3ccc(F)cc3)cs2)c(C(C)C)cc1Cl. The largest absolute Gasteiger partial charge is 0.483 e. The maximum absolute atomic E-state index is 13.0. The highest BCUT2D eigenvalue weighted by Crippen LogP contribution is 2.32. The highest BCUT2D eigenvalue weighted by atomic mass is 35.5. The van der Waals surface area contributed by atoms with Crippen molar-refractivity contribution in [3.05, 3.63) is 63.7 Å². The number of amides is 1. The molecule has 0 radical (unpaired) electrons. The Labute approximate surface area is 172 Å². The predicted octanol–water partition coefficient (Wildman–Crippen LogP) is 6.05. The molecular formula is C21H20ClFN2O2S. The molecule has 0 fully saturated rings. The average molecular weight is 419 g/mol. The molecule has 0 bridgehead atoms. The number of aromatic nitrogens is 1. The van der Waals surface area contributed by atoms with Crippen LogP contribution in [0.4, 0.5) is 9.52 Å². The van der Waals surface area contributed by atoms with Gasteiger partial charge < -0.3 is 4.74 Å². The summed E-state index contributed by atoms with van der Waals surface area (Å²) in [5, 5.41) is 5.68. The van der Waals surface area contributed by atoms with Gasteiger partial charge in [-0.1, -0.05) is 25.4 Å². The summed E-state index contributed by atoms with van der Waals surface area (Å²) in [5.74, 6) is 0.261. The zero-order chi connectivity index (χ0) is 20.3. The molecule has 0 spiro atoms. The van der Waals surface area contributed by atoms with Gasteiger partial charge in [0.1, 0.15) is 11.6 Å². The Kier molecular flexibility index (Phi) is 6.31. The van der Waals surface area contributed by atoms with E-state index in [1.807, 2.05) is 38.3 Å². The van der Waals surface area contributed by atoms with E-state index in [1.165, 1.54) is 23.5 Å². The number of thiazole rings is 1. The van der Waals surface area contributed by atoms with E-state index < -0.39 is 0 Å². The molecular weight excluding hydrogens is 399 g/mol. The van der Waals surface area contributed by atoms with E-state index in [9.17, 15) is 9.18 Å². The summed E-state index contributed by atoms with van der Waals surface area (Å²) in [5.41, 5.74) is 3.31. The van der Waals surface area contributed by atoms with Crippen molar-refractivity contribution in [2.45, 2.75) is 26.7 Å². The van der Waals surface area contributed by atoms with Crippen LogP contribution in [0.5, 0.6) is 5.75 Å². The number of aryl methyl sites for hydroxylation is 1. The van der Waals surface area contributed by atoms with Gasteiger partial charge in [0.25, 0.3) is 5.91 Å². The average Bonchev–Trinajstić information content (AvgIpc) is 3.11. The van der Waals surface area contributed by atoms with Gasteiger partial charge in [-0.25, -0.2) is 9.37 Å². The lowest BCUT2D eigenvalue weighted by atomic mass is 10.0. The van der Waals surface area contributed by atoms with Crippen molar-refractivity contribution in [1.29, 1.82) is 0 Å². The van der Waals surface area contributed by atoms with Gasteiger partial charge in [0.15, 0.2) is 11.7 Å². The number of rotatable bonds is 6. The molecule has 1 N–H and O–H groups in total. The van der Waals surface area contributed by atoms with Gasteiger partial charge in [-0.3, -0.25) is 10.1 Å². The molecule has 0 saturated carbocycles. The molecule has 3 aromatic rings. The van der Waals surface area contributed by atoms with Gasteiger partial charge in [0.05, 0.1) is 5.69 Å². The topological polar surface area (TPSA) is 51.2 Å². The molecule has 2 aromatic carbocycles. The molecule has 28 heavy (non-hydrogen) atoms. The van der Waals surface area contributed by atoms with Crippen LogP contribution in [0.1, 0.15) is 30.9 Å². The van der Waals surface area contributed by atoms with Crippen LogP contribution in [0.25, 0.3) is 11.3 Å². The lowest BCUT2D eigenvalue weighted by molar-refractivity contribution is -0.118. The molecule has 1 heterocycles. The summed E-state index contributed by atoms with van der Waals surface area (Å²) in [6.07, 6.45) is 0. The molecule has 0 aliphatic heterocycles. The van der Waals surface area contributed by atoms with Crippen molar-refractivity contribution in [1.82, 2.24) is 4.98 Å². The van der Waals surface area contributed by atoms with E-state index in [1.54, 1.807) is 12.1 Å². The maximum atomic E-state index is 13.0. The molecule has 3 rings (SSSR count). The van der Waals surface area contributed by atoms with Crippen LogP contribution < -0.4 is 10.1 Å². The number of nitrogens with zero attached hydrogens (tertiary/aromatic N) is 1. The van der Waals surface area contributed by atoms with Crippen LogP contribution >= 0.6 is 22.9 Å². The number of nitrogens with one attached hydrogen (secondary N) is 1. The van der Waals surface area contributed by atoms with E-state index in [0.29, 0.717) is 21.6 Å². The predicted molar refractivity (Wildman–Crippen MR) is 112 cm³/mol. The Balaban J connectivity index is 1.64. The lowest BCUT2D eigenvalue weighted by Gasteiger charge is -2.15. The summed E-state index contributed by atoms with van der Waals surface area (Å²) in [6.45, 7) is 5.85. The van der Waals surface area contributed by atoms with E-state index >= 15 is 0 Å². The van der Waals surface area contributed by atoms with Crippen LogP contribution in [-0.2, 0) is 4.79 Å². The third-order valence-electron chi connectivity index (χ3n) is 4.16. The number of carbonyl (C=O) groups is 1. The first-order valence-electron chi connectivity index (χ1n) is 8.77. The van der Waals surface area contributed by atoms with Crippen LogP contribution in [0.15, 0.2) is 41.8 Å². The molecule has 0 aliphatic carbocycles. The van der Waals surface area contributed by atoms with Crippen LogP contribution in [0, 0.1) is 12.7 Å². The first kappa shape index (κ1) is 20.3. The fourth-order valence-electron chi connectivity index (χ4n) is 2.63. The number of hydrogen-bond donors (Lipinski definition) is 1. The Bertz CT molecular complexity index is 987. The lowest BCUT2D eigenvalue weighted by Crippen LogP contribution is -2.20. The van der Waals surface area contributed by atoms with Crippen molar-refractivity contribution in [3.8, 4) is 17.0 Å². The molecule has 0 aliphatic rings. The fourth-order valence-corrected chi connectivity index (χ4v) is 3.54. The van der Waals surface area contributed by atoms with Crippen LogP contribution in [0.3, 0.4) is 0 Å².